The third kappa shape index (κ3) is 5.71. The van der Waals surface area contributed by atoms with Gasteiger partial charge < -0.3 is 19.0 Å². The van der Waals surface area contributed by atoms with Crippen molar-refractivity contribution in [3.63, 3.8) is 0 Å². The minimum atomic E-state index is -1.54. The van der Waals surface area contributed by atoms with Crippen LogP contribution < -0.4 is 4.31 Å². The van der Waals surface area contributed by atoms with Crippen molar-refractivity contribution in [1.29, 1.82) is 0 Å². The number of hydrogen-bond donors (Lipinski definition) is 1. The highest BCUT2D eigenvalue weighted by atomic mass is 32.2. The monoisotopic (exact) mass is 532 g/mol. The molecule has 186 valence electrons. The summed E-state index contributed by atoms with van der Waals surface area (Å²) in [6.07, 6.45) is 0. The standard InChI is InChI=1S/C24H28N4O4S3/c1-2-32-21(29)16-28(35(30)22-7-4-12-33-22)20-6-3-5-17-13-19(26-23(17)20)24-25-14-18(34-24)15-27-8-10-31-11-9-27/h3-7,12-13,18,26H,2,8-11,14-16H2,1H3. The highest BCUT2D eigenvalue weighted by molar-refractivity contribution is 8.15. The van der Waals surface area contributed by atoms with Crippen molar-refractivity contribution in [1.82, 2.24) is 9.88 Å². The molecule has 0 saturated carbocycles. The number of H-pyrrole nitrogens is 1. The van der Waals surface area contributed by atoms with Crippen molar-refractivity contribution >= 4 is 62.1 Å². The van der Waals surface area contributed by atoms with Gasteiger partial charge in [-0.25, -0.2) is 4.79 Å². The number of thiophene rings is 1. The van der Waals surface area contributed by atoms with Crippen LogP contribution in [0.25, 0.3) is 10.9 Å². The molecule has 0 radical (unpaired) electrons. The second kappa shape index (κ2) is 11.4. The lowest BCUT2D eigenvalue weighted by Crippen LogP contribution is -2.40. The van der Waals surface area contributed by atoms with Gasteiger partial charge in [-0.2, -0.15) is 4.31 Å². The maximum absolute atomic E-state index is 13.5. The second-order valence-electron chi connectivity index (χ2n) is 8.25. The van der Waals surface area contributed by atoms with Crippen molar-refractivity contribution < 1.29 is 18.8 Å². The van der Waals surface area contributed by atoms with Crippen LogP contribution in [0.3, 0.4) is 0 Å². The number of nitrogens with one attached hydrogen (secondary N) is 1. The van der Waals surface area contributed by atoms with Crippen LogP contribution in [0.1, 0.15) is 12.6 Å². The number of carbonyl (C=O) groups excluding carboxylic acids is 1. The summed E-state index contributed by atoms with van der Waals surface area (Å²) in [5.41, 5.74) is 2.47. The first-order valence-corrected chi connectivity index (χ1v) is 14.5. The lowest BCUT2D eigenvalue weighted by atomic mass is 10.2. The molecule has 5 rings (SSSR count). The molecule has 1 fully saturated rings. The van der Waals surface area contributed by atoms with E-state index in [9.17, 15) is 9.35 Å². The Morgan fingerprint density at radius 1 is 1.34 bits per heavy atom. The molecule has 2 aromatic heterocycles. The lowest BCUT2D eigenvalue weighted by molar-refractivity contribution is -0.141. The van der Waals surface area contributed by atoms with Crippen molar-refractivity contribution in [3.05, 3.63) is 47.5 Å². The lowest BCUT2D eigenvalue weighted by Gasteiger charge is -2.28. The Morgan fingerprint density at radius 3 is 2.97 bits per heavy atom. The van der Waals surface area contributed by atoms with Crippen LogP contribution in [-0.2, 0) is 25.6 Å². The quantitative estimate of drug-likeness (QED) is 0.333. The number of morpholine rings is 1. The molecule has 2 unspecified atom stereocenters. The van der Waals surface area contributed by atoms with Crippen LogP contribution in [0, 0.1) is 0 Å². The molecule has 0 aliphatic carbocycles. The minimum Gasteiger partial charge on any atom is -0.587 e. The molecule has 0 amide bonds. The van der Waals surface area contributed by atoms with Crippen molar-refractivity contribution in [2.24, 2.45) is 4.99 Å². The zero-order valence-corrected chi connectivity index (χ0v) is 21.9. The van der Waals surface area contributed by atoms with Gasteiger partial charge in [-0.1, -0.05) is 35.2 Å². The average molecular weight is 533 g/mol. The highest BCUT2D eigenvalue weighted by Crippen LogP contribution is 2.34. The Kier molecular flexibility index (Phi) is 8.01. The molecule has 1 saturated heterocycles. The summed E-state index contributed by atoms with van der Waals surface area (Å²) in [6.45, 7) is 7.26. The van der Waals surface area contributed by atoms with E-state index < -0.39 is 17.3 Å². The highest BCUT2D eigenvalue weighted by Gasteiger charge is 2.30. The van der Waals surface area contributed by atoms with E-state index in [0.717, 1.165) is 61.0 Å². The Balaban J connectivity index is 1.39. The molecule has 0 bridgehead atoms. The first-order chi connectivity index (χ1) is 17.1. The molecule has 3 aromatic rings. The number of hydrogen-bond acceptors (Lipinski definition) is 9. The largest absolute Gasteiger partial charge is 0.587 e. The number of nitrogens with zero attached hydrogens (tertiary/aromatic N) is 3. The summed E-state index contributed by atoms with van der Waals surface area (Å²) < 4.78 is 26.4. The number of thioether (sulfide) groups is 1. The van der Waals surface area contributed by atoms with E-state index in [2.05, 4.69) is 16.0 Å². The summed E-state index contributed by atoms with van der Waals surface area (Å²) in [7, 11) is 0. The fraction of sp³-hybridized carbons (Fsp3) is 0.417. The zero-order chi connectivity index (χ0) is 24.2. The molecule has 2 aliphatic heterocycles. The van der Waals surface area contributed by atoms with Gasteiger partial charge in [0.05, 0.1) is 37.6 Å². The van der Waals surface area contributed by atoms with Crippen molar-refractivity contribution in [2.45, 2.75) is 16.4 Å². The maximum Gasteiger partial charge on any atom is 0.330 e. The number of rotatable bonds is 9. The van der Waals surface area contributed by atoms with Gasteiger partial charge in [0.1, 0.15) is 22.1 Å². The summed E-state index contributed by atoms with van der Waals surface area (Å²) >= 11 is 1.66. The maximum atomic E-state index is 13.5. The SMILES string of the molecule is CCOC(=O)CN(c1cccc2cc(C3=NCC(CN4CCOCC4)S3)[nH]c12)[S+]([O-])c1cccs1. The molecule has 1 aromatic carbocycles. The van der Waals surface area contributed by atoms with Gasteiger partial charge in [0.15, 0.2) is 6.54 Å². The van der Waals surface area contributed by atoms with Gasteiger partial charge in [0, 0.05) is 36.3 Å². The number of ether oxygens (including phenoxy) is 2. The molecule has 2 atom stereocenters. The normalized spacial score (nSPS) is 19.6. The van der Waals surface area contributed by atoms with Gasteiger partial charge in [0.25, 0.3) is 0 Å². The Hall–Kier alpha value is -2.02. The van der Waals surface area contributed by atoms with Crippen LogP contribution in [0.2, 0.25) is 0 Å². The van der Waals surface area contributed by atoms with E-state index in [1.807, 2.05) is 35.7 Å². The van der Waals surface area contributed by atoms with E-state index in [0.29, 0.717) is 15.1 Å². The van der Waals surface area contributed by atoms with E-state index in [1.54, 1.807) is 23.0 Å². The van der Waals surface area contributed by atoms with Gasteiger partial charge in [-0.05, 0) is 30.5 Å². The molecule has 35 heavy (non-hydrogen) atoms. The third-order valence-electron chi connectivity index (χ3n) is 5.86. The van der Waals surface area contributed by atoms with E-state index >= 15 is 0 Å². The van der Waals surface area contributed by atoms with Crippen LogP contribution in [0.15, 0.2) is 51.0 Å². The molecule has 0 spiro atoms. The van der Waals surface area contributed by atoms with Crippen molar-refractivity contribution in [2.75, 3.05) is 56.8 Å². The number of carbonyl (C=O) groups is 1. The van der Waals surface area contributed by atoms with Gasteiger partial charge in [0.2, 0.25) is 4.21 Å². The summed E-state index contributed by atoms with van der Waals surface area (Å²) in [5.74, 6) is -0.414. The van der Waals surface area contributed by atoms with Crippen LogP contribution in [0.4, 0.5) is 5.69 Å². The van der Waals surface area contributed by atoms with E-state index in [4.69, 9.17) is 14.5 Å². The summed E-state index contributed by atoms with van der Waals surface area (Å²) in [4.78, 5) is 23.2. The molecular weight excluding hydrogens is 504 g/mol. The van der Waals surface area contributed by atoms with Gasteiger partial charge >= 0.3 is 5.97 Å². The smallest absolute Gasteiger partial charge is 0.330 e. The Labute approximate surface area is 216 Å². The Morgan fingerprint density at radius 2 is 2.20 bits per heavy atom. The fourth-order valence-electron chi connectivity index (χ4n) is 4.22. The van der Waals surface area contributed by atoms with E-state index in [1.165, 1.54) is 11.3 Å². The fourth-order valence-corrected chi connectivity index (χ4v) is 7.54. The number of esters is 1. The molecule has 1 N–H and O–H groups in total. The average Bonchev–Trinajstić information content (AvgIpc) is 3.63. The number of aromatic nitrogens is 1. The molecule has 11 heteroatoms. The van der Waals surface area contributed by atoms with Crippen LogP contribution in [-0.4, -0.2) is 83.2 Å². The van der Waals surface area contributed by atoms with Crippen molar-refractivity contribution in [3.8, 4) is 0 Å². The number of benzene rings is 1. The molecule has 2 aliphatic rings. The molecule has 4 heterocycles. The summed E-state index contributed by atoms with van der Waals surface area (Å²) in [6, 6.07) is 11.6. The van der Waals surface area contributed by atoms with Gasteiger partial charge in [-0.3, -0.25) is 9.89 Å². The van der Waals surface area contributed by atoms with Crippen LogP contribution >= 0.6 is 23.1 Å². The second-order valence-corrected chi connectivity index (χ2v) is 12.1. The Bertz CT molecular complexity index is 1180. The zero-order valence-electron chi connectivity index (χ0n) is 19.5. The third-order valence-corrected chi connectivity index (χ3v) is 9.65. The predicted octanol–water partition coefficient (Wildman–Crippen LogP) is 3.52. The topological polar surface area (TPSA) is 93.2 Å². The number of fused-ring (bicyclic) bond motifs is 1. The number of aliphatic imine (C=N–C) groups is 1. The minimum absolute atomic E-state index is 0.108. The summed E-state index contributed by atoms with van der Waals surface area (Å²) in [5, 5.41) is 4.27. The van der Waals surface area contributed by atoms with E-state index in [-0.39, 0.29) is 13.2 Å². The number of para-hydroxylation sites is 1. The molecule has 8 nitrogen and oxygen atoms in total. The van der Waals surface area contributed by atoms with Crippen LogP contribution in [0.5, 0.6) is 0 Å². The first kappa shape index (κ1) is 24.7. The van der Waals surface area contributed by atoms with Gasteiger partial charge in [-0.15, -0.1) is 0 Å². The number of aromatic amines is 1. The first-order valence-electron chi connectivity index (χ1n) is 11.6. The molecular formula is C24H28N4O4S3. The predicted molar refractivity (Wildman–Crippen MR) is 143 cm³/mol. The number of anilines is 1.